The van der Waals surface area contributed by atoms with E-state index >= 15 is 0 Å². The van der Waals surface area contributed by atoms with Crippen LogP contribution in [0.2, 0.25) is 0 Å². The number of hydrogen-bond acceptors (Lipinski definition) is 6. The van der Waals surface area contributed by atoms with E-state index in [-0.39, 0.29) is 23.6 Å². The molecule has 0 saturated carbocycles. The molecule has 35 heavy (non-hydrogen) atoms. The van der Waals surface area contributed by atoms with Crippen molar-refractivity contribution in [2.45, 2.75) is 23.6 Å². The van der Waals surface area contributed by atoms with Gasteiger partial charge in [0.25, 0.3) is 0 Å². The molecule has 186 valence electrons. The largest absolute Gasteiger partial charge is 0.485 e. The Labute approximate surface area is 198 Å². The van der Waals surface area contributed by atoms with E-state index in [9.17, 15) is 31.1 Å². The lowest BCUT2D eigenvalue weighted by Gasteiger charge is -2.25. The van der Waals surface area contributed by atoms with Crippen LogP contribution in [0.15, 0.2) is 47.6 Å². The smallest absolute Gasteiger partial charge is 0.416 e. The van der Waals surface area contributed by atoms with Crippen molar-refractivity contribution in [3.63, 3.8) is 0 Å². The minimum Gasteiger partial charge on any atom is -0.485 e. The molecule has 1 N–H and O–H groups in total. The number of anilines is 1. The molecule has 0 unspecified atom stereocenters. The van der Waals surface area contributed by atoms with E-state index in [1.165, 1.54) is 0 Å². The molecule has 0 spiro atoms. The number of nitrogens with zero attached hydrogens (tertiary/aromatic N) is 3. The highest BCUT2D eigenvalue weighted by Gasteiger charge is 2.37. The molecule has 0 fully saturated rings. The highest BCUT2D eigenvalue weighted by Crippen LogP contribution is 2.38. The Bertz CT molecular complexity index is 1210. The predicted octanol–water partition coefficient (Wildman–Crippen LogP) is 5.10. The standard InChI is InChI=1S/C21H16F6N4O3S/c1-31-18(16-9-33-14-4-2-3-5-15(14)34-16)29-30-19(31)35-10-17(32)28-13-7-11(20(22,23)24)6-12(8-13)21(25,26)27/h2-8,16H,9-10H2,1H3,(H,28,32)/t16-/m0/s1. The summed E-state index contributed by atoms with van der Waals surface area (Å²) in [5.74, 6) is 0.363. The summed E-state index contributed by atoms with van der Waals surface area (Å²) in [6.45, 7) is 0.172. The van der Waals surface area contributed by atoms with E-state index < -0.39 is 41.2 Å². The second kappa shape index (κ2) is 9.32. The maximum absolute atomic E-state index is 13.0. The fourth-order valence-electron chi connectivity index (χ4n) is 3.23. The van der Waals surface area contributed by atoms with Crippen LogP contribution in [0.4, 0.5) is 32.0 Å². The number of benzene rings is 2. The molecule has 3 aromatic rings. The minimum absolute atomic E-state index is 0.0130. The Morgan fingerprint density at radius 1 is 1.06 bits per heavy atom. The molecule has 14 heteroatoms. The Morgan fingerprint density at radius 2 is 1.69 bits per heavy atom. The summed E-state index contributed by atoms with van der Waals surface area (Å²) in [7, 11) is 1.63. The Morgan fingerprint density at radius 3 is 2.31 bits per heavy atom. The van der Waals surface area contributed by atoms with Gasteiger partial charge < -0.3 is 19.4 Å². The highest BCUT2D eigenvalue weighted by atomic mass is 32.2. The summed E-state index contributed by atoms with van der Waals surface area (Å²) in [5, 5.41) is 10.4. The highest BCUT2D eigenvalue weighted by molar-refractivity contribution is 7.99. The molecular formula is C21H16F6N4O3S. The number of hydrogen-bond donors (Lipinski definition) is 1. The maximum Gasteiger partial charge on any atom is 0.416 e. The van der Waals surface area contributed by atoms with Crippen LogP contribution in [0.1, 0.15) is 23.1 Å². The van der Waals surface area contributed by atoms with E-state index in [0.717, 1.165) is 11.8 Å². The molecular weight excluding hydrogens is 502 g/mol. The van der Waals surface area contributed by atoms with Crippen LogP contribution in [-0.4, -0.2) is 33.0 Å². The van der Waals surface area contributed by atoms with Gasteiger partial charge in [0.1, 0.15) is 6.61 Å². The number of ether oxygens (including phenoxy) is 2. The minimum atomic E-state index is -5.02. The van der Waals surface area contributed by atoms with Gasteiger partial charge >= 0.3 is 12.4 Å². The van der Waals surface area contributed by atoms with Gasteiger partial charge in [0.15, 0.2) is 28.6 Å². The average molecular weight is 518 g/mol. The van der Waals surface area contributed by atoms with Crippen LogP contribution in [0, 0.1) is 0 Å². The van der Waals surface area contributed by atoms with E-state index in [4.69, 9.17) is 9.47 Å². The van der Waals surface area contributed by atoms with Crippen molar-refractivity contribution in [3.05, 3.63) is 59.4 Å². The van der Waals surface area contributed by atoms with Crippen molar-refractivity contribution in [1.82, 2.24) is 14.8 Å². The molecule has 1 aliphatic heterocycles. The van der Waals surface area contributed by atoms with Gasteiger partial charge in [0.05, 0.1) is 16.9 Å². The molecule has 1 atom stereocenters. The number of amides is 1. The quantitative estimate of drug-likeness (QED) is 0.374. The SMILES string of the molecule is Cn1c(SCC(=O)Nc2cc(C(F)(F)F)cc(C(F)(F)F)c2)nnc1[C@@H]1COc2ccccc2O1. The van der Waals surface area contributed by atoms with Crippen molar-refractivity contribution in [1.29, 1.82) is 0 Å². The summed E-state index contributed by atoms with van der Waals surface area (Å²) in [4.78, 5) is 12.3. The lowest BCUT2D eigenvalue weighted by Crippen LogP contribution is -2.24. The summed E-state index contributed by atoms with van der Waals surface area (Å²) in [5.41, 5.74) is -3.67. The average Bonchev–Trinajstić information content (AvgIpc) is 3.16. The van der Waals surface area contributed by atoms with Gasteiger partial charge in [0, 0.05) is 12.7 Å². The number of rotatable bonds is 5. The molecule has 0 aliphatic carbocycles. The molecule has 1 amide bonds. The maximum atomic E-state index is 13.0. The van der Waals surface area contributed by atoms with Gasteiger partial charge in [0.2, 0.25) is 5.91 Å². The number of fused-ring (bicyclic) bond motifs is 1. The third-order valence-electron chi connectivity index (χ3n) is 4.87. The van der Waals surface area contributed by atoms with Crippen LogP contribution in [0.25, 0.3) is 0 Å². The zero-order valence-corrected chi connectivity index (χ0v) is 18.6. The number of nitrogens with one attached hydrogen (secondary N) is 1. The first-order chi connectivity index (χ1) is 16.4. The van der Waals surface area contributed by atoms with Crippen molar-refractivity contribution < 1.29 is 40.6 Å². The first-order valence-electron chi connectivity index (χ1n) is 9.91. The Kier molecular flexibility index (Phi) is 6.58. The monoisotopic (exact) mass is 518 g/mol. The van der Waals surface area contributed by atoms with E-state index in [0.29, 0.717) is 29.5 Å². The molecule has 1 aromatic heterocycles. The second-order valence-electron chi connectivity index (χ2n) is 7.40. The van der Waals surface area contributed by atoms with Crippen molar-refractivity contribution in [2.24, 2.45) is 7.05 Å². The van der Waals surface area contributed by atoms with Gasteiger partial charge in [-0.15, -0.1) is 10.2 Å². The normalized spacial score (nSPS) is 15.7. The topological polar surface area (TPSA) is 78.3 Å². The summed E-state index contributed by atoms with van der Waals surface area (Å²) in [6, 6.07) is 7.94. The first kappa shape index (κ1) is 24.7. The fraction of sp³-hybridized carbons (Fsp3) is 0.286. The molecule has 0 saturated heterocycles. The predicted molar refractivity (Wildman–Crippen MR) is 112 cm³/mol. The fourth-order valence-corrected chi connectivity index (χ4v) is 3.95. The zero-order chi connectivity index (χ0) is 25.4. The molecule has 2 aromatic carbocycles. The van der Waals surface area contributed by atoms with E-state index in [1.54, 1.807) is 35.9 Å². The second-order valence-corrected chi connectivity index (χ2v) is 8.34. The van der Waals surface area contributed by atoms with Gasteiger partial charge in [-0.25, -0.2) is 0 Å². The third kappa shape index (κ3) is 5.63. The van der Waals surface area contributed by atoms with Crippen molar-refractivity contribution >= 4 is 23.4 Å². The molecule has 4 rings (SSSR count). The number of aromatic nitrogens is 3. The number of carbonyl (C=O) groups excluding carboxylic acids is 1. The van der Waals surface area contributed by atoms with Gasteiger partial charge in [-0.3, -0.25) is 4.79 Å². The van der Waals surface area contributed by atoms with Crippen molar-refractivity contribution in [3.8, 4) is 11.5 Å². The number of thioether (sulfide) groups is 1. The van der Waals surface area contributed by atoms with Crippen LogP contribution in [-0.2, 0) is 24.2 Å². The van der Waals surface area contributed by atoms with Crippen LogP contribution in [0.3, 0.4) is 0 Å². The van der Waals surface area contributed by atoms with E-state index in [2.05, 4.69) is 15.5 Å². The number of halogens is 6. The number of alkyl halides is 6. The van der Waals surface area contributed by atoms with Crippen LogP contribution >= 0.6 is 11.8 Å². The van der Waals surface area contributed by atoms with Gasteiger partial charge in [-0.1, -0.05) is 23.9 Å². The van der Waals surface area contributed by atoms with Gasteiger partial charge in [-0.2, -0.15) is 26.3 Å². The number of carbonyl (C=O) groups is 1. The lowest BCUT2D eigenvalue weighted by atomic mass is 10.1. The molecule has 0 radical (unpaired) electrons. The molecule has 1 aliphatic rings. The summed E-state index contributed by atoms with van der Waals surface area (Å²) in [6.07, 6.45) is -10.6. The molecule has 0 bridgehead atoms. The summed E-state index contributed by atoms with van der Waals surface area (Å²) >= 11 is 0.901. The number of para-hydroxylation sites is 2. The van der Waals surface area contributed by atoms with Crippen molar-refractivity contribution in [2.75, 3.05) is 17.7 Å². The zero-order valence-electron chi connectivity index (χ0n) is 17.8. The summed E-state index contributed by atoms with van der Waals surface area (Å²) < 4.78 is 91.1. The van der Waals surface area contributed by atoms with Gasteiger partial charge in [-0.05, 0) is 30.3 Å². The first-order valence-corrected chi connectivity index (χ1v) is 10.9. The molecule has 2 heterocycles. The Hall–Kier alpha value is -3.42. The van der Waals surface area contributed by atoms with Crippen LogP contribution < -0.4 is 14.8 Å². The van der Waals surface area contributed by atoms with E-state index in [1.807, 2.05) is 0 Å². The third-order valence-corrected chi connectivity index (χ3v) is 5.89. The molecule has 7 nitrogen and oxygen atoms in total. The Balaban J connectivity index is 1.42. The van der Waals surface area contributed by atoms with Crippen LogP contribution in [0.5, 0.6) is 11.5 Å². The lowest BCUT2D eigenvalue weighted by molar-refractivity contribution is -0.143.